The van der Waals surface area contributed by atoms with E-state index in [0.717, 1.165) is 10.4 Å². The maximum atomic E-state index is 12.4. The van der Waals surface area contributed by atoms with Crippen LogP contribution in [0.15, 0.2) is 32.8 Å². The summed E-state index contributed by atoms with van der Waals surface area (Å²) >= 11 is 4.26. The molecule has 0 fully saturated rings. The normalized spacial score (nSPS) is 11.9. The number of thiophene rings is 2. The molecule has 0 unspecified atom stereocenters. The molecule has 0 amide bonds. The van der Waals surface area contributed by atoms with Gasteiger partial charge in [0.05, 0.1) is 10.8 Å². The van der Waals surface area contributed by atoms with Gasteiger partial charge in [-0.1, -0.05) is 17.8 Å². The van der Waals surface area contributed by atoms with Gasteiger partial charge in [0, 0.05) is 21.6 Å². The first kappa shape index (κ1) is 16.2. The molecular weight excluding hydrogens is 352 g/mol. The van der Waals surface area contributed by atoms with E-state index in [1.807, 2.05) is 22.9 Å². The summed E-state index contributed by atoms with van der Waals surface area (Å²) in [5, 5.41) is 14.1. The van der Waals surface area contributed by atoms with Crippen molar-refractivity contribution in [2.45, 2.75) is 19.0 Å². The highest BCUT2D eigenvalue weighted by atomic mass is 32.2. The highest BCUT2D eigenvalue weighted by Gasteiger charge is 2.27. The van der Waals surface area contributed by atoms with Crippen molar-refractivity contribution >= 4 is 50.6 Å². The fourth-order valence-electron chi connectivity index (χ4n) is 1.92. The van der Waals surface area contributed by atoms with Gasteiger partial charge in [-0.05, 0) is 25.3 Å². The lowest BCUT2D eigenvalue weighted by molar-refractivity contribution is -0.145. The molecule has 23 heavy (non-hydrogen) atoms. The molecule has 0 saturated carbocycles. The quantitative estimate of drug-likeness (QED) is 0.528. The Kier molecular flexibility index (Phi) is 4.31. The minimum atomic E-state index is -0.879. The number of carboxylic acid groups (broad SMARTS) is 1. The highest BCUT2D eigenvalue weighted by molar-refractivity contribution is 7.99. The SMILES string of the molecule is CC(C)(CSc1nc2scc(-c3cccs3)c2c(=O)[nH]1)C(=O)O. The van der Waals surface area contributed by atoms with E-state index >= 15 is 0 Å². The van der Waals surface area contributed by atoms with E-state index < -0.39 is 11.4 Å². The Labute approximate surface area is 144 Å². The summed E-state index contributed by atoms with van der Waals surface area (Å²) in [6, 6.07) is 3.92. The van der Waals surface area contributed by atoms with Crippen LogP contribution in [0.2, 0.25) is 0 Å². The third-order valence-electron chi connectivity index (χ3n) is 3.36. The zero-order valence-corrected chi connectivity index (χ0v) is 14.9. The number of hydrogen-bond donors (Lipinski definition) is 2. The Morgan fingerprint density at radius 1 is 1.43 bits per heavy atom. The molecule has 0 spiro atoms. The largest absolute Gasteiger partial charge is 0.481 e. The Morgan fingerprint density at radius 3 is 2.87 bits per heavy atom. The number of carbonyl (C=O) groups is 1. The van der Waals surface area contributed by atoms with E-state index in [1.54, 1.807) is 25.2 Å². The van der Waals surface area contributed by atoms with Crippen LogP contribution in [-0.4, -0.2) is 26.8 Å². The van der Waals surface area contributed by atoms with Crippen LogP contribution in [-0.2, 0) is 4.79 Å². The van der Waals surface area contributed by atoms with E-state index in [9.17, 15) is 9.59 Å². The van der Waals surface area contributed by atoms with Gasteiger partial charge < -0.3 is 10.1 Å². The molecule has 8 heteroatoms. The van der Waals surface area contributed by atoms with Crippen LogP contribution in [0.4, 0.5) is 0 Å². The average Bonchev–Trinajstić information content (AvgIpc) is 3.13. The molecule has 2 N–H and O–H groups in total. The topological polar surface area (TPSA) is 83.0 Å². The average molecular weight is 366 g/mol. The molecule has 3 rings (SSSR count). The van der Waals surface area contributed by atoms with E-state index in [0.29, 0.717) is 21.1 Å². The number of nitrogens with zero attached hydrogens (tertiary/aromatic N) is 1. The van der Waals surface area contributed by atoms with Gasteiger partial charge in [0.15, 0.2) is 5.16 Å². The van der Waals surface area contributed by atoms with Gasteiger partial charge in [-0.2, -0.15) is 0 Å². The van der Waals surface area contributed by atoms with E-state index in [-0.39, 0.29) is 5.56 Å². The van der Waals surface area contributed by atoms with Crippen molar-refractivity contribution < 1.29 is 9.90 Å². The second-order valence-corrected chi connectivity index (χ2v) is 8.43. The number of carboxylic acids is 1. The van der Waals surface area contributed by atoms with Gasteiger partial charge in [0.2, 0.25) is 0 Å². The predicted molar refractivity (Wildman–Crippen MR) is 95.7 cm³/mol. The molecule has 3 heterocycles. The molecule has 0 aliphatic rings. The first-order chi connectivity index (χ1) is 10.9. The van der Waals surface area contributed by atoms with Crippen molar-refractivity contribution in [3.8, 4) is 10.4 Å². The van der Waals surface area contributed by atoms with Crippen molar-refractivity contribution in [2.24, 2.45) is 5.41 Å². The summed E-state index contributed by atoms with van der Waals surface area (Å²) in [6.07, 6.45) is 0. The van der Waals surface area contributed by atoms with E-state index in [4.69, 9.17) is 5.11 Å². The molecular formula is C15H14N2O3S3. The lowest BCUT2D eigenvalue weighted by Gasteiger charge is -2.17. The molecule has 3 aromatic heterocycles. The number of rotatable bonds is 5. The van der Waals surface area contributed by atoms with Gasteiger partial charge in [-0.3, -0.25) is 9.59 Å². The number of thioether (sulfide) groups is 1. The third kappa shape index (κ3) is 3.19. The minimum Gasteiger partial charge on any atom is -0.481 e. The first-order valence-corrected chi connectivity index (χ1v) is 9.54. The van der Waals surface area contributed by atoms with Gasteiger partial charge in [-0.15, -0.1) is 22.7 Å². The summed E-state index contributed by atoms with van der Waals surface area (Å²) in [6.45, 7) is 3.30. The van der Waals surface area contributed by atoms with Crippen molar-refractivity contribution in [3.63, 3.8) is 0 Å². The smallest absolute Gasteiger partial charge is 0.309 e. The number of hydrogen-bond acceptors (Lipinski definition) is 6. The van der Waals surface area contributed by atoms with Gasteiger partial charge >= 0.3 is 5.97 Å². The van der Waals surface area contributed by atoms with Crippen molar-refractivity contribution in [3.05, 3.63) is 33.2 Å². The lowest BCUT2D eigenvalue weighted by Crippen LogP contribution is -2.26. The Morgan fingerprint density at radius 2 is 2.22 bits per heavy atom. The van der Waals surface area contributed by atoms with Gasteiger partial charge in [-0.25, -0.2) is 4.98 Å². The summed E-state index contributed by atoms with van der Waals surface area (Å²) in [4.78, 5) is 32.5. The first-order valence-electron chi connectivity index (χ1n) is 6.80. The van der Waals surface area contributed by atoms with Crippen LogP contribution in [0.3, 0.4) is 0 Å². The number of aromatic nitrogens is 2. The number of aromatic amines is 1. The summed E-state index contributed by atoms with van der Waals surface area (Å²) < 4.78 is 0. The minimum absolute atomic E-state index is 0.185. The number of fused-ring (bicyclic) bond motifs is 1. The fraction of sp³-hybridized carbons (Fsp3) is 0.267. The number of H-pyrrole nitrogens is 1. The van der Waals surface area contributed by atoms with Crippen molar-refractivity contribution in [2.75, 3.05) is 5.75 Å². The van der Waals surface area contributed by atoms with E-state index in [2.05, 4.69) is 9.97 Å². The zero-order valence-electron chi connectivity index (χ0n) is 12.5. The number of nitrogens with one attached hydrogen (secondary N) is 1. The Bertz CT molecular complexity index is 910. The molecule has 0 aromatic carbocycles. The maximum absolute atomic E-state index is 12.4. The lowest BCUT2D eigenvalue weighted by atomic mass is 9.97. The van der Waals surface area contributed by atoms with Crippen LogP contribution >= 0.6 is 34.4 Å². The van der Waals surface area contributed by atoms with Crippen molar-refractivity contribution in [1.82, 2.24) is 9.97 Å². The monoisotopic (exact) mass is 366 g/mol. The molecule has 5 nitrogen and oxygen atoms in total. The standard InChI is InChI=1S/C15H14N2O3S3/c1-15(2,13(19)20)7-23-14-16-11(18)10-8(6-22-12(10)17-14)9-4-3-5-21-9/h3-6H,7H2,1-2H3,(H,19,20)(H,16,17,18). The summed E-state index contributed by atoms with van der Waals surface area (Å²) in [5.74, 6) is -0.538. The second kappa shape index (κ2) is 6.10. The second-order valence-electron chi connectivity index (χ2n) is 5.66. The summed E-state index contributed by atoms with van der Waals surface area (Å²) in [5.41, 5.74) is -0.165. The third-order valence-corrected chi connectivity index (χ3v) is 6.47. The fourth-order valence-corrected chi connectivity index (χ4v) is 4.68. The van der Waals surface area contributed by atoms with Crippen LogP contribution in [0.25, 0.3) is 20.7 Å². The molecule has 120 valence electrons. The Balaban J connectivity index is 1.94. The van der Waals surface area contributed by atoms with Crippen LogP contribution in [0.5, 0.6) is 0 Å². The molecule has 0 atom stereocenters. The van der Waals surface area contributed by atoms with Crippen LogP contribution < -0.4 is 5.56 Å². The predicted octanol–water partition coefficient (Wildman–Crippen LogP) is 3.92. The van der Waals surface area contributed by atoms with Gasteiger partial charge in [0.25, 0.3) is 5.56 Å². The Hall–Kier alpha value is -1.64. The zero-order chi connectivity index (χ0) is 16.6. The van der Waals surface area contributed by atoms with E-state index in [1.165, 1.54) is 23.1 Å². The van der Waals surface area contributed by atoms with Gasteiger partial charge in [0.1, 0.15) is 4.83 Å². The molecule has 0 aliphatic heterocycles. The molecule has 0 aliphatic carbocycles. The van der Waals surface area contributed by atoms with Crippen LogP contribution in [0.1, 0.15) is 13.8 Å². The molecule has 0 radical (unpaired) electrons. The summed E-state index contributed by atoms with van der Waals surface area (Å²) in [7, 11) is 0. The molecule has 0 bridgehead atoms. The molecule has 3 aromatic rings. The van der Waals surface area contributed by atoms with Crippen molar-refractivity contribution in [1.29, 1.82) is 0 Å². The highest BCUT2D eigenvalue weighted by Crippen LogP contribution is 2.34. The number of aliphatic carboxylic acids is 1. The maximum Gasteiger partial charge on any atom is 0.309 e. The molecule has 0 saturated heterocycles. The van der Waals surface area contributed by atoms with Crippen LogP contribution in [0, 0.1) is 5.41 Å².